The van der Waals surface area contributed by atoms with Crippen molar-refractivity contribution in [2.45, 2.75) is 64.6 Å². The normalized spacial score (nSPS) is 61.1. The van der Waals surface area contributed by atoms with E-state index >= 15 is 0 Å². The van der Waals surface area contributed by atoms with Gasteiger partial charge in [-0.3, -0.25) is 0 Å². The molecule has 19 heavy (non-hydrogen) atoms. The van der Waals surface area contributed by atoms with Crippen LogP contribution < -0.4 is 0 Å². The number of fused-ring (bicyclic) bond motifs is 12. The predicted molar refractivity (Wildman–Crippen MR) is 75.6 cm³/mol. The summed E-state index contributed by atoms with van der Waals surface area (Å²) in [5, 5.41) is 0. The lowest BCUT2D eigenvalue weighted by Crippen LogP contribution is -2.41. The maximum Gasteiger partial charge on any atom is 0.0612 e. The van der Waals surface area contributed by atoms with Crippen molar-refractivity contribution < 1.29 is 4.74 Å². The molecule has 0 spiro atoms. The minimum atomic E-state index is 0.431. The molecule has 5 aliphatic carbocycles. The molecular weight excluding hydrogens is 232 g/mol. The molecule has 0 aromatic rings. The SMILES string of the molecule is CC(C)OC1CC2CC1C1C3CC(C4CCCC43)C21. The van der Waals surface area contributed by atoms with Crippen molar-refractivity contribution in [3.8, 4) is 0 Å². The standard InChI is InChI=1S/C18H28O/c1-9(2)19-16-7-10-6-15(16)18-14-8-13(17(10)18)11-4-3-5-12(11)14/h9-18H,3-8H2,1-2H3. The minimum Gasteiger partial charge on any atom is -0.375 e. The molecule has 0 aromatic heterocycles. The fourth-order valence-corrected chi connectivity index (χ4v) is 7.76. The van der Waals surface area contributed by atoms with Gasteiger partial charge in [-0.15, -0.1) is 0 Å². The van der Waals surface area contributed by atoms with Gasteiger partial charge in [0.15, 0.2) is 0 Å². The Labute approximate surface area is 117 Å². The molecule has 9 unspecified atom stereocenters. The van der Waals surface area contributed by atoms with Crippen LogP contribution >= 0.6 is 0 Å². The van der Waals surface area contributed by atoms with Gasteiger partial charge in [0.25, 0.3) is 0 Å². The number of rotatable bonds is 2. The number of ether oxygens (including phenoxy) is 1. The lowest BCUT2D eigenvalue weighted by molar-refractivity contribution is -0.0667. The van der Waals surface area contributed by atoms with Crippen LogP contribution in [-0.2, 0) is 4.74 Å². The molecule has 1 nitrogen and oxygen atoms in total. The van der Waals surface area contributed by atoms with E-state index in [9.17, 15) is 0 Å². The van der Waals surface area contributed by atoms with Crippen molar-refractivity contribution in [1.82, 2.24) is 0 Å². The second-order valence-electron chi connectivity index (χ2n) is 8.60. The third-order valence-electron chi connectivity index (χ3n) is 7.78. The smallest absolute Gasteiger partial charge is 0.0612 e. The second-order valence-corrected chi connectivity index (χ2v) is 8.60. The highest BCUT2D eigenvalue weighted by molar-refractivity contribution is 5.16. The van der Waals surface area contributed by atoms with E-state index in [1.54, 1.807) is 25.7 Å². The van der Waals surface area contributed by atoms with Gasteiger partial charge in [0.05, 0.1) is 12.2 Å². The first-order valence-corrected chi connectivity index (χ1v) is 8.89. The molecule has 1 heteroatoms. The zero-order valence-corrected chi connectivity index (χ0v) is 12.4. The first kappa shape index (κ1) is 11.6. The van der Waals surface area contributed by atoms with Gasteiger partial charge >= 0.3 is 0 Å². The highest BCUT2D eigenvalue weighted by Gasteiger charge is 2.67. The summed E-state index contributed by atoms with van der Waals surface area (Å²) in [7, 11) is 0. The van der Waals surface area contributed by atoms with Crippen LogP contribution in [0.1, 0.15) is 52.4 Å². The van der Waals surface area contributed by atoms with Crippen LogP contribution in [0.2, 0.25) is 0 Å². The average Bonchev–Trinajstić information content (AvgIpc) is 3.10. The Bertz CT molecular complexity index is 389. The molecule has 0 N–H and O–H groups in total. The van der Waals surface area contributed by atoms with Gasteiger partial charge in [-0.05, 0) is 93.3 Å². The van der Waals surface area contributed by atoms with Crippen molar-refractivity contribution in [3.05, 3.63) is 0 Å². The third kappa shape index (κ3) is 1.36. The molecule has 0 radical (unpaired) electrons. The van der Waals surface area contributed by atoms with Crippen LogP contribution in [0.25, 0.3) is 0 Å². The molecule has 5 fully saturated rings. The summed E-state index contributed by atoms with van der Waals surface area (Å²) in [6, 6.07) is 0. The molecule has 0 saturated heterocycles. The van der Waals surface area contributed by atoms with Gasteiger partial charge in [0.1, 0.15) is 0 Å². The molecule has 0 heterocycles. The van der Waals surface area contributed by atoms with E-state index in [1.165, 1.54) is 12.8 Å². The van der Waals surface area contributed by atoms with E-state index in [0.29, 0.717) is 12.2 Å². The summed E-state index contributed by atoms with van der Waals surface area (Å²) in [5.74, 6) is 8.81. The molecule has 0 aromatic carbocycles. The zero-order valence-electron chi connectivity index (χ0n) is 12.4. The minimum absolute atomic E-state index is 0.431. The third-order valence-corrected chi connectivity index (χ3v) is 7.78. The van der Waals surface area contributed by atoms with Crippen LogP contribution in [0.3, 0.4) is 0 Å². The summed E-state index contributed by atoms with van der Waals surface area (Å²) in [6.07, 6.45) is 10.3. The molecule has 5 rings (SSSR count). The van der Waals surface area contributed by atoms with Crippen molar-refractivity contribution in [2.75, 3.05) is 0 Å². The molecule has 5 saturated carbocycles. The van der Waals surface area contributed by atoms with Crippen LogP contribution in [0.4, 0.5) is 0 Å². The fraction of sp³-hybridized carbons (Fsp3) is 1.00. The zero-order chi connectivity index (χ0) is 12.7. The van der Waals surface area contributed by atoms with E-state index in [2.05, 4.69) is 13.8 Å². The Kier molecular flexibility index (Phi) is 2.31. The number of hydrogen-bond acceptors (Lipinski definition) is 1. The van der Waals surface area contributed by atoms with E-state index in [1.807, 2.05) is 0 Å². The van der Waals surface area contributed by atoms with Crippen molar-refractivity contribution >= 4 is 0 Å². The molecule has 4 bridgehead atoms. The van der Waals surface area contributed by atoms with Crippen molar-refractivity contribution in [2.24, 2.45) is 47.3 Å². The Morgan fingerprint density at radius 1 is 0.789 bits per heavy atom. The molecular formula is C18H28O. The quantitative estimate of drug-likeness (QED) is 0.679. The Hall–Kier alpha value is -0.0400. The number of hydrogen-bond donors (Lipinski definition) is 0. The molecule has 5 aliphatic rings. The van der Waals surface area contributed by atoms with E-state index in [0.717, 1.165) is 47.3 Å². The van der Waals surface area contributed by atoms with Crippen LogP contribution in [-0.4, -0.2) is 12.2 Å². The van der Waals surface area contributed by atoms with Crippen LogP contribution in [0, 0.1) is 47.3 Å². The van der Waals surface area contributed by atoms with Gasteiger partial charge in [0.2, 0.25) is 0 Å². The van der Waals surface area contributed by atoms with Gasteiger partial charge in [-0.25, -0.2) is 0 Å². The fourth-order valence-electron chi connectivity index (χ4n) is 7.76. The highest BCUT2D eigenvalue weighted by atomic mass is 16.5. The van der Waals surface area contributed by atoms with Crippen LogP contribution in [0.5, 0.6) is 0 Å². The first-order valence-electron chi connectivity index (χ1n) is 8.89. The van der Waals surface area contributed by atoms with Gasteiger partial charge in [0, 0.05) is 0 Å². The summed E-state index contributed by atoms with van der Waals surface area (Å²) >= 11 is 0. The van der Waals surface area contributed by atoms with Gasteiger partial charge in [-0.1, -0.05) is 6.42 Å². The van der Waals surface area contributed by atoms with E-state index < -0.39 is 0 Å². The van der Waals surface area contributed by atoms with Gasteiger partial charge in [-0.2, -0.15) is 0 Å². The maximum absolute atomic E-state index is 6.27. The lowest BCUT2D eigenvalue weighted by Gasteiger charge is -2.43. The highest BCUT2D eigenvalue weighted by Crippen LogP contribution is 2.73. The van der Waals surface area contributed by atoms with Crippen molar-refractivity contribution in [3.63, 3.8) is 0 Å². The van der Waals surface area contributed by atoms with Crippen LogP contribution in [0.15, 0.2) is 0 Å². The largest absolute Gasteiger partial charge is 0.375 e. The molecule has 0 amide bonds. The Morgan fingerprint density at radius 2 is 1.53 bits per heavy atom. The Morgan fingerprint density at radius 3 is 2.26 bits per heavy atom. The summed E-state index contributed by atoms with van der Waals surface area (Å²) in [4.78, 5) is 0. The van der Waals surface area contributed by atoms with Gasteiger partial charge < -0.3 is 4.74 Å². The Balaban J connectivity index is 1.43. The second kappa shape index (κ2) is 3.78. The predicted octanol–water partition coefficient (Wildman–Crippen LogP) is 4.12. The average molecular weight is 260 g/mol. The molecule has 106 valence electrons. The maximum atomic E-state index is 6.27. The molecule has 0 aliphatic heterocycles. The summed E-state index contributed by atoms with van der Waals surface area (Å²) < 4.78 is 6.27. The first-order chi connectivity index (χ1) is 9.24. The van der Waals surface area contributed by atoms with Crippen molar-refractivity contribution in [1.29, 1.82) is 0 Å². The topological polar surface area (TPSA) is 9.23 Å². The summed E-state index contributed by atoms with van der Waals surface area (Å²) in [6.45, 7) is 4.44. The lowest BCUT2D eigenvalue weighted by atomic mass is 9.64. The summed E-state index contributed by atoms with van der Waals surface area (Å²) in [5.41, 5.74) is 0. The monoisotopic (exact) mass is 260 g/mol. The van der Waals surface area contributed by atoms with E-state index in [4.69, 9.17) is 4.74 Å². The van der Waals surface area contributed by atoms with E-state index in [-0.39, 0.29) is 0 Å². The molecule has 9 atom stereocenters.